The number of carbonyl (C=O) groups excluding carboxylic acids is 1. The fourth-order valence-electron chi connectivity index (χ4n) is 2.10. The molecule has 0 aliphatic rings. The zero-order valence-corrected chi connectivity index (χ0v) is 13.3. The molecule has 0 N–H and O–H groups in total. The third-order valence-corrected chi connectivity index (χ3v) is 4.04. The van der Waals surface area contributed by atoms with Crippen molar-refractivity contribution in [2.75, 3.05) is 7.11 Å². The van der Waals surface area contributed by atoms with Crippen LogP contribution >= 0.6 is 15.9 Å². The van der Waals surface area contributed by atoms with Gasteiger partial charge in [-0.05, 0) is 65.2 Å². The zero-order valence-electron chi connectivity index (χ0n) is 11.8. The van der Waals surface area contributed by atoms with Crippen molar-refractivity contribution in [1.82, 2.24) is 0 Å². The maximum Gasteiger partial charge on any atom is 0.194 e. The molecule has 2 aromatic carbocycles. The molecule has 2 rings (SSSR count). The Balaban J connectivity index is 2.56. The van der Waals surface area contributed by atoms with E-state index in [0.717, 1.165) is 11.6 Å². The molecule has 0 bridgehead atoms. The average Bonchev–Trinajstić information content (AvgIpc) is 2.46. The summed E-state index contributed by atoms with van der Waals surface area (Å²) in [6, 6.07) is 5.64. The minimum atomic E-state index is -1.07. The molecule has 0 aromatic heterocycles. The molecule has 0 saturated heterocycles. The summed E-state index contributed by atoms with van der Waals surface area (Å²) in [5.74, 6) is -1.76. The highest BCUT2D eigenvalue weighted by atomic mass is 79.9. The van der Waals surface area contributed by atoms with Crippen molar-refractivity contribution in [3.8, 4) is 5.75 Å². The molecule has 0 atom stereocenters. The lowest BCUT2D eigenvalue weighted by Gasteiger charge is -2.12. The Labute approximate surface area is 129 Å². The van der Waals surface area contributed by atoms with Gasteiger partial charge in [-0.15, -0.1) is 0 Å². The van der Waals surface area contributed by atoms with E-state index in [1.165, 1.54) is 6.07 Å². The summed E-state index contributed by atoms with van der Waals surface area (Å²) in [5.41, 5.74) is 2.02. The molecule has 0 aliphatic carbocycles. The van der Waals surface area contributed by atoms with Crippen molar-refractivity contribution < 1.29 is 18.3 Å². The highest BCUT2D eigenvalue weighted by molar-refractivity contribution is 9.10. The molecule has 0 aliphatic heterocycles. The zero-order chi connectivity index (χ0) is 15.7. The second-order valence-corrected chi connectivity index (χ2v) is 5.48. The molecule has 110 valence electrons. The Kier molecular flexibility index (Phi) is 4.42. The van der Waals surface area contributed by atoms with Crippen LogP contribution in [0.25, 0.3) is 0 Å². The van der Waals surface area contributed by atoms with Crippen LogP contribution in [0.1, 0.15) is 27.0 Å². The molecular formula is C16H13BrF2O2. The van der Waals surface area contributed by atoms with E-state index in [9.17, 15) is 13.6 Å². The number of ether oxygens (including phenoxy) is 1. The maximum absolute atomic E-state index is 13.6. The van der Waals surface area contributed by atoms with Crippen LogP contribution in [0.4, 0.5) is 8.78 Å². The molecule has 5 heteroatoms. The molecule has 0 saturated carbocycles. The van der Waals surface area contributed by atoms with Crippen LogP contribution in [0.5, 0.6) is 5.75 Å². The average molecular weight is 355 g/mol. The number of ketones is 1. The Hall–Kier alpha value is -1.75. The minimum Gasteiger partial charge on any atom is -0.496 e. The van der Waals surface area contributed by atoms with Gasteiger partial charge in [-0.2, -0.15) is 0 Å². The molecule has 0 fully saturated rings. The van der Waals surface area contributed by atoms with Gasteiger partial charge in [-0.25, -0.2) is 8.78 Å². The first-order chi connectivity index (χ1) is 9.86. The molecule has 0 heterocycles. The fraction of sp³-hybridized carbons (Fsp3) is 0.188. The van der Waals surface area contributed by atoms with Crippen molar-refractivity contribution in [1.29, 1.82) is 0 Å². The van der Waals surface area contributed by atoms with E-state index >= 15 is 0 Å². The van der Waals surface area contributed by atoms with Gasteiger partial charge in [0.25, 0.3) is 0 Å². The van der Waals surface area contributed by atoms with Gasteiger partial charge in [0.1, 0.15) is 5.75 Å². The minimum absolute atomic E-state index is 0.0848. The number of carbonyl (C=O) groups is 1. The van der Waals surface area contributed by atoms with Crippen molar-refractivity contribution >= 4 is 21.7 Å². The Morgan fingerprint density at radius 2 is 1.76 bits per heavy atom. The van der Waals surface area contributed by atoms with E-state index in [4.69, 9.17) is 4.74 Å². The van der Waals surface area contributed by atoms with Gasteiger partial charge in [0.15, 0.2) is 17.4 Å². The van der Waals surface area contributed by atoms with Crippen LogP contribution in [0, 0.1) is 25.5 Å². The van der Waals surface area contributed by atoms with Crippen molar-refractivity contribution in [2.24, 2.45) is 0 Å². The van der Waals surface area contributed by atoms with Gasteiger partial charge < -0.3 is 4.74 Å². The van der Waals surface area contributed by atoms with Crippen molar-refractivity contribution in [2.45, 2.75) is 13.8 Å². The van der Waals surface area contributed by atoms with Crippen LogP contribution in [-0.4, -0.2) is 12.9 Å². The van der Waals surface area contributed by atoms with Gasteiger partial charge in [-0.3, -0.25) is 4.79 Å². The molecule has 21 heavy (non-hydrogen) atoms. The molecule has 0 radical (unpaired) electrons. The largest absolute Gasteiger partial charge is 0.496 e. The predicted molar refractivity (Wildman–Crippen MR) is 80.0 cm³/mol. The van der Waals surface area contributed by atoms with Crippen LogP contribution in [0.2, 0.25) is 0 Å². The van der Waals surface area contributed by atoms with Gasteiger partial charge >= 0.3 is 0 Å². The number of methoxy groups -OCH3 is 1. The van der Waals surface area contributed by atoms with Gasteiger partial charge in [0.2, 0.25) is 0 Å². The molecule has 0 amide bonds. The lowest BCUT2D eigenvalue weighted by Crippen LogP contribution is -2.07. The Morgan fingerprint density at radius 1 is 1.10 bits per heavy atom. The first kappa shape index (κ1) is 15.6. The normalized spacial score (nSPS) is 10.6. The van der Waals surface area contributed by atoms with Crippen LogP contribution in [0.15, 0.2) is 28.7 Å². The van der Waals surface area contributed by atoms with Crippen molar-refractivity contribution in [3.63, 3.8) is 0 Å². The number of rotatable bonds is 3. The van der Waals surface area contributed by atoms with E-state index in [-0.39, 0.29) is 15.8 Å². The van der Waals surface area contributed by atoms with Gasteiger partial charge in [0.05, 0.1) is 11.6 Å². The summed E-state index contributed by atoms with van der Waals surface area (Å²) in [4.78, 5) is 12.5. The summed E-state index contributed by atoms with van der Waals surface area (Å²) in [7, 11) is 1.55. The van der Waals surface area contributed by atoms with E-state index in [2.05, 4.69) is 15.9 Å². The molecule has 2 nitrogen and oxygen atoms in total. The molecular weight excluding hydrogens is 342 g/mol. The first-order valence-corrected chi connectivity index (χ1v) is 6.99. The quantitative estimate of drug-likeness (QED) is 0.595. The standard InChI is InChI=1S/C16H13BrF2O2/c1-8-7-13(21-3)9(2)6-11(8)16(20)10-4-5-12(18)15(19)14(10)17/h4-7H,1-3H3. The van der Waals surface area contributed by atoms with E-state index < -0.39 is 11.6 Å². The summed E-state index contributed by atoms with van der Waals surface area (Å²) in [6.07, 6.45) is 0. The maximum atomic E-state index is 13.6. The Bertz CT molecular complexity index is 727. The highest BCUT2D eigenvalue weighted by Crippen LogP contribution is 2.28. The molecule has 2 aromatic rings. The van der Waals surface area contributed by atoms with Crippen LogP contribution in [-0.2, 0) is 0 Å². The Morgan fingerprint density at radius 3 is 2.38 bits per heavy atom. The van der Waals surface area contributed by atoms with E-state index in [0.29, 0.717) is 16.9 Å². The second-order valence-electron chi connectivity index (χ2n) is 4.69. The number of hydrogen-bond acceptors (Lipinski definition) is 2. The van der Waals surface area contributed by atoms with Gasteiger partial charge in [0, 0.05) is 11.1 Å². The molecule has 0 unspecified atom stereocenters. The van der Waals surface area contributed by atoms with Gasteiger partial charge in [-0.1, -0.05) is 0 Å². The number of halogens is 3. The lowest BCUT2D eigenvalue weighted by molar-refractivity contribution is 0.103. The second kappa shape index (κ2) is 5.93. The first-order valence-electron chi connectivity index (χ1n) is 6.20. The number of aryl methyl sites for hydroxylation is 2. The van der Waals surface area contributed by atoms with Crippen LogP contribution in [0.3, 0.4) is 0 Å². The van der Waals surface area contributed by atoms with E-state index in [1.54, 1.807) is 26.2 Å². The third-order valence-electron chi connectivity index (χ3n) is 3.27. The number of benzene rings is 2. The van der Waals surface area contributed by atoms with E-state index in [1.807, 2.05) is 6.92 Å². The van der Waals surface area contributed by atoms with Crippen molar-refractivity contribution in [3.05, 3.63) is 62.6 Å². The smallest absolute Gasteiger partial charge is 0.194 e. The monoisotopic (exact) mass is 354 g/mol. The number of hydrogen-bond donors (Lipinski definition) is 0. The SMILES string of the molecule is COc1cc(C)c(C(=O)c2ccc(F)c(F)c2Br)cc1C. The fourth-order valence-corrected chi connectivity index (χ4v) is 2.60. The van der Waals surface area contributed by atoms with Crippen LogP contribution < -0.4 is 4.74 Å². The topological polar surface area (TPSA) is 26.3 Å². The summed E-state index contributed by atoms with van der Waals surface area (Å²) >= 11 is 2.94. The lowest BCUT2D eigenvalue weighted by atomic mass is 9.96. The predicted octanol–water partition coefficient (Wildman–Crippen LogP) is 4.58. The summed E-state index contributed by atoms with van der Waals surface area (Å²) < 4.78 is 31.7. The molecule has 0 spiro atoms. The third kappa shape index (κ3) is 2.83. The summed E-state index contributed by atoms with van der Waals surface area (Å²) in [5, 5.41) is 0. The summed E-state index contributed by atoms with van der Waals surface area (Å²) in [6.45, 7) is 3.58. The highest BCUT2D eigenvalue weighted by Gasteiger charge is 2.20.